The van der Waals surface area contributed by atoms with Gasteiger partial charge in [0.05, 0.1) is 5.69 Å². The van der Waals surface area contributed by atoms with Gasteiger partial charge in [-0.2, -0.15) is 0 Å². The fourth-order valence-corrected chi connectivity index (χ4v) is 1.85. The van der Waals surface area contributed by atoms with Crippen molar-refractivity contribution in [3.8, 4) is 0 Å². The number of anilines is 1. The van der Waals surface area contributed by atoms with Gasteiger partial charge in [0.25, 0.3) is 0 Å². The van der Waals surface area contributed by atoms with Crippen molar-refractivity contribution in [2.24, 2.45) is 0 Å². The van der Waals surface area contributed by atoms with E-state index in [1.165, 1.54) is 0 Å². The lowest BCUT2D eigenvalue weighted by molar-refractivity contribution is 0.632. The van der Waals surface area contributed by atoms with Crippen LogP contribution in [0.4, 0.5) is 10.1 Å². The lowest BCUT2D eigenvalue weighted by atomic mass is 10.3. The van der Waals surface area contributed by atoms with Crippen LogP contribution in [0, 0.1) is 5.82 Å². The maximum Gasteiger partial charge on any atom is 0.146 e. The Kier molecular flexibility index (Phi) is 4.09. The molecule has 0 radical (unpaired) electrons. The van der Waals surface area contributed by atoms with E-state index < -0.39 is 0 Å². The van der Waals surface area contributed by atoms with Gasteiger partial charge < -0.3 is 5.32 Å². The molecule has 0 aromatic heterocycles. The minimum absolute atomic E-state index is 0.180. The van der Waals surface area contributed by atoms with Gasteiger partial charge in [-0.15, -0.1) is 6.58 Å². The minimum Gasteiger partial charge on any atom is -0.379 e. The van der Waals surface area contributed by atoms with Crippen molar-refractivity contribution in [2.45, 2.75) is 0 Å². The van der Waals surface area contributed by atoms with Crippen molar-refractivity contribution >= 4 is 18.9 Å². The fraction of sp³-hybridized carbons (Fsp3) is 0.273. The van der Waals surface area contributed by atoms with Crippen LogP contribution in [0.15, 0.2) is 30.9 Å². The second-order valence-corrected chi connectivity index (χ2v) is 5.53. The molecule has 1 aromatic carbocycles. The molecular formula is C11H15FNP. The average Bonchev–Trinajstić information content (AvgIpc) is 2.15. The summed E-state index contributed by atoms with van der Waals surface area (Å²) in [6, 6.07) is 5.37. The van der Waals surface area contributed by atoms with E-state index >= 15 is 0 Å². The predicted molar refractivity (Wildman–Crippen MR) is 63.5 cm³/mol. The zero-order valence-electron chi connectivity index (χ0n) is 8.55. The zero-order valence-corrected chi connectivity index (χ0v) is 9.44. The highest BCUT2D eigenvalue weighted by atomic mass is 31.1. The number of hydrogen-bond acceptors (Lipinski definition) is 1. The first-order valence-electron chi connectivity index (χ1n) is 4.47. The number of nitrogens with one attached hydrogen (secondary N) is 1. The summed E-state index contributed by atoms with van der Waals surface area (Å²) >= 11 is 0. The Bertz CT molecular complexity index is 323. The zero-order chi connectivity index (χ0) is 10.6. The molecular weight excluding hydrogens is 196 g/mol. The Morgan fingerprint density at radius 3 is 2.71 bits per heavy atom. The van der Waals surface area contributed by atoms with E-state index in [1.54, 1.807) is 18.2 Å². The van der Waals surface area contributed by atoms with Crippen LogP contribution in [-0.4, -0.2) is 19.9 Å². The molecule has 0 heterocycles. The molecule has 76 valence electrons. The Morgan fingerprint density at radius 2 is 2.21 bits per heavy atom. The van der Waals surface area contributed by atoms with Gasteiger partial charge in [-0.1, -0.05) is 20.1 Å². The quantitative estimate of drug-likeness (QED) is 0.596. The molecule has 0 fully saturated rings. The molecule has 3 heteroatoms. The van der Waals surface area contributed by atoms with Crippen molar-refractivity contribution in [1.82, 2.24) is 0 Å². The third kappa shape index (κ3) is 2.81. The highest BCUT2D eigenvalue weighted by molar-refractivity contribution is 7.64. The lowest BCUT2D eigenvalue weighted by Gasteiger charge is -2.09. The predicted octanol–water partition coefficient (Wildman–Crippen LogP) is 2.79. The minimum atomic E-state index is -0.225. The lowest BCUT2D eigenvalue weighted by Crippen LogP contribution is -2.05. The van der Waals surface area contributed by atoms with Crippen LogP contribution in [0.25, 0.3) is 0 Å². The number of benzene rings is 1. The molecule has 0 amide bonds. The summed E-state index contributed by atoms with van der Waals surface area (Å²) < 4.78 is 13.4. The molecule has 1 aromatic rings. The Hall–Kier alpha value is -0.880. The molecule has 1 rings (SSSR count). The van der Waals surface area contributed by atoms with E-state index in [2.05, 4.69) is 25.2 Å². The Balaban J connectivity index is 2.84. The molecule has 0 spiro atoms. The van der Waals surface area contributed by atoms with Crippen LogP contribution < -0.4 is 10.6 Å². The number of halogens is 1. The molecule has 0 atom stereocenters. The van der Waals surface area contributed by atoms with Gasteiger partial charge in [0, 0.05) is 6.54 Å². The highest BCUT2D eigenvalue weighted by Crippen LogP contribution is 2.25. The van der Waals surface area contributed by atoms with Crippen molar-refractivity contribution < 1.29 is 4.39 Å². The summed E-state index contributed by atoms with van der Waals surface area (Å²) in [5.74, 6) is -0.180. The van der Waals surface area contributed by atoms with Crippen LogP contribution >= 0.6 is 7.92 Å². The first kappa shape index (κ1) is 11.2. The van der Waals surface area contributed by atoms with Crippen LogP contribution in [0.3, 0.4) is 0 Å². The summed E-state index contributed by atoms with van der Waals surface area (Å²) in [6.45, 7) is 8.38. The van der Waals surface area contributed by atoms with Crippen LogP contribution in [0.5, 0.6) is 0 Å². The van der Waals surface area contributed by atoms with Crippen LogP contribution in [0.1, 0.15) is 0 Å². The molecule has 0 saturated heterocycles. The molecule has 0 aliphatic carbocycles. The Labute approximate surface area is 85.8 Å². The fourth-order valence-electron chi connectivity index (χ4n) is 1.11. The molecule has 0 aliphatic rings. The second-order valence-electron chi connectivity index (χ2n) is 3.23. The third-order valence-corrected chi connectivity index (χ3v) is 3.22. The molecule has 0 saturated carbocycles. The summed E-state index contributed by atoms with van der Waals surface area (Å²) in [6.07, 6.45) is 1.71. The van der Waals surface area contributed by atoms with Gasteiger partial charge >= 0.3 is 0 Å². The second kappa shape index (κ2) is 5.11. The topological polar surface area (TPSA) is 12.0 Å². The summed E-state index contributed by atoms with van der Waals surface area (Å²) in [4.78, 5) is 0. The maximum absolute atomic E-state index is 13.4. The smallest absolute Gasteiger partial charge is 0.146 e. The van der Waals surface area contributed by atoms with Gasteiger partial charge in [0.15, 0.2) is 0 Å². The third-order valence-electron chi connectivity index (χ3n) is 1.91. The van der Waals surface area contributed by atoms with E-state index in [9.17, 15) is 4.39 Å². The van der Waals surface area contributed by atoms with Gasteiger partial charge in [0.2, 0.25) is 0 Å². The average molecular weight is 211 g/mol. The highest BCUT2D eigenvalue weighted by Gasteiger charge is 2.04. The standard InChI is InChI=1S/C11H15FNP/c1-4-7-13-11-6-5-9(14(2)3)8-10(11)12/h4-6,8,13H,1,7H2,2-3H3. The SMILES string of the molecule is C=CCNc1ccc(P(C)C)cc1F. The summed E-state index contributed by atoms with van der Waals surface area (Å²) in [5, 5.41) is 4.03. The Morgan fingerprint density at radius 1 is 1.50 bits per heavy atom. The van der Waals surface area contributed by atoms with E-state index in [-0.39, 0.29) is 13.7 Å². The summed E-state index contributed by atoms with van der Waals surface area (Å²) in [5.41, 5.74) is 0.547. The first-order chi connectivity index (χ1) is 6.65. The van der Waals surface area contributed by atoms with Crippen molar-refractivity contribution in [2.75, 3.05) is 25.2 Å². The molecule has 0 bridgehead atoms. The van der Waals surface area contributed by atoms with E-state index in [4.69, 9.17) is 0 Å². The molecule has 1 nitrogen and oxygen atoms in total. The van der Waals surface area contributed by atoms with Crippen molar-refractivity contribution in [3.63, 3.8) is 0 Å². The normalized spacial score (nSPS) is 10.3. The molecule has 14 heavy (non-hydrogen) atoms. The molecule has 1 N–H and O–H groups in total. The summed E-state index contributed by atoms with van der Waals surface area (Å²) in [7, 11) is -0.225. The largest absolute Gasteiger partial charge is 0.379 e. The van der Waals surface area contributed by atoms with Crippen LogP contribution in [-0.2, 0) is 0 Å². The van der Waals surface area contributed by atoms with Gasteiger partial charge in [-0.3, -0.25) is 0 Å². The maximum atomic E-state index is 13.4. The van der Waals surface area contributed by atoms with Gasteiger partial charge in [0.1, 0.15) is 5.82 Å². The molecule has 0 aliphatic heterocycles. The first-order valence-corrected chi connectivity index (χ1v) is 6.70. The van der Waals surface area contributed by atoms with Crippen molar-refractivity contribution in [3.05, 3.63) is 36.7 Å². The van der Waals surface area contributed by atoms with Gasteiger partial charge in [-0.05, 0) is 30.8 Å². The van der Waals surface area contributed by atoms with E-state index in [1.807, 2.05) is 6.07 Å². The monoisotopic (exact) mass is 211 g/mol. The van der Waals surface area contributed by atoms with Gasteiger partial charge in [-0.25, -0.2) is 4.39 Å². The van der Waals surface area contributed by atoms with Crippen LogP contribution in [0.2, 0.25) is 0 Å². The van der Waals surface area contributed by atoms with E-state index in [0.717, 1.165) is 5.30 Å². The van der Waals surface area contributed by atoms with Crippen molar-refractivity contribution in [1.29, 1.82) is 0 Å². The van der Waals surface area contributed by atoms with E-state index in [0.29, 0.717) is 12.2 Å². The molecule has 0 unspecified atom stereocenters. The number of rotatable bonds is 4. The number of hydrogen-bond donors (Lipinski definition) is 1.